The smallest absolute Gasteiger partial charge is 0.239 e. The first-order valence-corrected chi connectivity index (χ1v) is 22.6. The van der Waals surface area contributed by atoms with Crippen molar-refractivity contribution in [3.8, 4) is 23.0 Å². The van der Waals surface area contributed by atoms with Crippen LogP contribution in [0, 0.1) is 23.7 Å². The molecular formula is C48H58N2O9S. The molecule has 2 N–H and O–H groups in total. The van der Waals surface area contributed by atoms with E-state index in [1.807, 2.05) is 53.4 Å². The van der Waals surface area contributed by atoms with Crippen molar-refractivity contribution in [2.75, 3.05) is 46.1 Å². The van der Waals surface area contributed by atoms with Gasteiger partial charge in [-0.25, -0.2) is 0 Å². The third-order valence-electron chi connectivity index (χ3n) is 12.6. The Labute approximate surface area is 357 Å². The molecule has 0 saturated heterocycles. The Kier molecular flexibility index (Phi) is 13.7. The number of aliphatic hydroxyl groups is 2. The number of hydrogen-bond donors (Lipinski definition) is 2. The van der Waals surface area contributed by atoms with Gasteiger partial charge in [-0.05, 0) is 104 Å². The van der Waals surface area contributed by atoms with E-state index in [2.05, 4.69) is 30.9 Å². The maximum Gasteiger partial charge on any atom is 0.239 e. The van der Waals surface area contributed by atoms with Crippen molar-refractivity contribution in [2.24, 2.45) is 28.8 Å². The molecule has 8 rings (SSSR count). The Hall–Kier alpha value is -4.49. The van der Waals surface area contributed by atoms with Gasteiger partial charge in [-0.1, -0.05) is 54.4 Å². The van der Waals surface area contributed by atoms with Crippen LogP contribution >= 0.6 is 11.8 Å². The predicted octanol–water partition coefficient (Wildman–Crippen LogP) is 8.29. The van der Waals surface area contributed by atoms with E-state index in [-0.39, 0.29) is 62.1 Å². The number of benzene rings is 3. The Balaban J connectivity index is 1.25. The monoisotopic (exact) mass is 838 g/mol. The lowest BCUT2D eigenvalue weighted by atomic mass is 9.55. The maximum atomic E-state index is 14.8. The Morgan fingerprint density at radius 2 is 1.77 bits per heavy atom. The van der Waals surface area contributed by atoms with Gasteiger partial charge in [0.2, 0.25) is 18.5 Å². The second-order valence-corrected chi connectivity index (χ2v) is 17.6. The number of oxime groups is 1. The zero-order valence-corrected chi connectivity index (χ0v) is 35.4. The fourth-order valence-corrected chi connectivity index (χ4v) is 10.6. The molecule has 0 spiro atoms. The van der Waals surface area contributed by atoms with Crippen molar-refractivity contribution in [3.63, 3.8) is 0 Å². The maximum absolute atomic E-state index is 14.8. The lowest BCUT2D eigenvalue weighted by Crippen LogP contribution is -2.70. The molecule has 1 amide bonds. The molecule has 2 aliphatic heterocycles. The molecule has 3 aliphatic carbocycles. The van der Waals surface area contributed by atoms with E-state index in [9.17, 15) is 15.0 Å². The number of allylic oxidation sites excluding steroid dienone is 1. The third-order valence-corrected chi connectivity index (χ3v) is 13.6. The van der Waals surface area contributed by atoms with Gasteiger partial charge in [0.05, 0.1) is 24.8 Å². The van der Waals surface area contributed by atoms with Crippen molar-refractivity contribution in [2.45, 2.75) is 87.0 Å². The molecule has 3 aromatic rings. The summed E-state index contributed by atoms with van der Waals surface area (Å²) in [4.78, 5) is 23.6. The minimum Gasteiger partial charge on any atom is -0.493 e. The summed E-state index contributed by atoms with van der Waals surface area (Å²) in [5.74, 6) is 1.97. The van der Waals surface area contributed by atoms with E-state index < -0.39 is 11.8 Å². The summed E-state index contributed by atoms with van der Waals surface area (Å²) >= 11 is 1.76. The number of rotatable bonds is 21. The van der Waals surface area contributed by atoms with Gasteiger partial charge in [0.25, 0.3) is 0 Å². The predicted molar refractivity (Wildman–Crippen MR) is 230 cm³/mol. The van der Waals surface area contributed by atoms with E-state index in [4.69, 9.17) is 33.7 Å². The van der Waals surface area contributed by atoms with Crippen LogP contribution in [-0.4, -0.2) is 84.6 Å². The molecule has 0 aromatic heterocycles. The summed E-state index contributed by atoms with van der Waals surface area (Å²) in [5, 5.41) is 24.6. The van der Waals surface area contributed by atoms with Gasteiger partial charge in [0.15, 0.2) is 11.5 Å². The molecule has 320 valence electrons. The summed E-state index contributed by atoms with van der Waals surface area (Å²) in [6.07, 6.45) is 11.0. The zero-order valence-electron chi connectivity index (χ0n) is 34.5. The second kappa shape index (κ2) is 19.5. The van der Waals surface area contributed by atoms with Gasteiger partial charge in [0, 0.05) is 54.2 Å². The van der Waals surface area contributed by atoms with Crippen molar-refractivity contribution in [1.29, 1.82) is 0 Å². The number of fused-ring (bicyclic) bond motifs is 3. The summed E-state index contributed by atoms with van der Waals surface area (Å²) < 4.78 is 32.4. The Bertz CT molecular complexity index is 2020. The van der Waals surface area contributed by atoms with Crippen molar-refractivity contribution in [3.05, 3.63) is 102 Å². The Morgan fingerprint density at radius 3 is 2.53 bits per heavy atom. The topological polar surface area (TPSA) is 129 Å². The summed E-state index contributed by atoms with van der Waals surface area (Å²) in [7, 11) is 1.57. The van der Waals surface area contributed by atoms with E-state index in [1.165, 1.54) is 4.90 Å². The van der Waals surface area contributed by atoms with E-state index in [1.54, 1.807) is 24.9 Å². The minimum atomic E-state index is -1.33. The molecule has 2 heterocycles. The highest BCUT2D eigenvalue weighted by molar-refractivity contribution is 7.99. The van der Waals surface area contributed by atoms with E-state index in [0.717, 1.165) is 72.4 Å². The molecule has 5 aliphatic rings. The molecule has 12 heteroatoms. The van der Waals surface area contributed by atoms with Crippen LogP contribution in [0.5, 0.6) is 23.0 Å². The van der Waals surface area contributed by atoms with E-state index >= 15 is 0 Å². The van der Waals surface area contributed by atoms with Crippen molar-refractivity contribution in [1.82, 2.24) is 4.90 Å². The van der Waals surface area contributed by atoms with Gasteiger partial charge < -0.3 is 43.6 Å². The Morgan fingerprint density at radius 1 is 0.983 bits per heavy atom. The van der Waals surface area contributed by atoms with Gasteiger partial charge in [-0.15, -0.1) is 18.3 Å². The zero-order chi connectivity index (χ0) is 41.5. The van der Waals surface area contributed by atoms with Crippen LogP contribution in [0.4, 0.5) is 0 Å². The normalized spacial score (nSPS) is 25.4. The van der Waals surface area contributed by atoms with Crippen LogP contribution in [0.2, 0.25) is 0 Å². The highest BCUT2D eigenvalue weighted by atomic mass is 32.2. The summed E-state index contributed by atoms with van der Waals surface area (Å²) in [5.41, 5.74) is 3.72. The van der Waals surface area contributed by atoms with Gasteiger partial charge in [-0.3, -0.25) is 4.79 Å². The number of unbranched alkanes of at least 4 members (excludes halogenated alkanes) is 2. The van der Waals surface area contributed by atoms with Crippen LogP contribution in [0.3, 0.4) is 0 Å². The SMILES string of the molecule is C=CCOC12Oc3ccc(OCCSc4ccccc4)cc3C3C(CCCCO)C(CCCCO)C=C(C(=NOC)CC1N(Cc1ccc4c(c1)OCO4)C(=O)C1CC1)C32. The molecule has 60 heavy (non-hydrogen) atoms. The average Bonchev–Trinajstić information content (AvgIpc) is 4.02. The van der Waals surface area contributed by atoms with Crippen LogP contribution in [0.15, 0.2) is 101 Å². The number of ether oxygens (including phenoxy) is 5. The van der Waals surface area contributed by atoms with Gasteiger partial charge >= 0.3 is 0 Å². The molecular weight excluding hydrogens is 781 g/mol. The summed E-state index contributed by atoms with van der Waals surface area (Å²) in [6, 6.07) is 21.7. The molecule has 3 aromatic carbocycles. The van der Waals surface area contributed by atoms with Crippen LogP contribution in [-0.2, 0) is 20.9 Å². The molecule has 0 bridgehead atoms. The first kappa shape index (κ1) is 42.2. The number of carbonyl (C=O) groups is 1. The van der Waals surface area contributed by atoms with Crippen LogP contribution < -0.4 is 18.9 Å². The second-order valence-electron chi connectivity index (χ2n) is 16.4. The fourth-order valence-electron chi connectivity index (χ4n) is 9.83. The molecule has 2 saturated carbocycles. The number of amides is 1. The fraction of sp³-hybridized carbons (Fsp3) is 0.500. The number of thioether (sulfide) groups is 1. The molecule has 6 unspecified atom stereocenters. The van der Waals surface area contributed by atoms with E-state index in [0.29, 0.717) is 49.7 Å². The molecule has 2 fully saturated rings. The lowest BCUT2D eigenvalue weighted by Gasteiger charge is -2.60. The van der Waals surface area contributed by atoms with Gasteiger partial charge in [0.1, 0.15) is 24.7 Å². The number of aliphatic hydroxyl groups excluding tert-OH is 2. The standard InChI is InChI=1S/C48H58N2O9S/c1-3-23-58-48-44(50(47(53)33-16-17-33)30-32-15-19-42-43(26-32)57-31-56-42)29-40(49-54-2)38-27-34(11-7-9-21-51)37(14-8-10-22-52)45(46(38)48)39-28-35(18-20-41(39)59-48)55-24-25-60-36-12-5-4-6-13-36/h3-6,12-13,15,18-20,26-28,33-34,37,44-46,51-52H,1,7-11,14,16-17,21-25,29-31H2,2H3. The first-order chi connectivity index (χ1) is 29.5. The lowest BCUT2D eigenvalue weighted by molar-refractivity contribution is -0.258. The van der Waals surface area contributed by atoms with Crippen molar-refractivity contribution < 1.29 is 43.5 Å². The van der Waals surface area contributed by atoms with Crippen LogP contribution in [0.25, 0.3) is 0 Å². The molecule has 6 atom stereocenters. The quantitative estimate of drug-likeness (QED) is 0.0468. The number of nitrogens with zero attached hydrogens (tertiary/aromatic N) is 2. The highest BCUT2D eigenvalue weighted by Crippen LogP contribution is 2.62. The molecule has 0 radical (unpaired) electrons. The minimum absolute atomic E-state index is 0.0590. The average molecular weight is 839 g/mol. The number of hydrogen-bond acceptors (Lipinski definition) is 11. The summed E-state index contributed by atoms with van der Waals surface area (Å²) in [6.45, 7) is 5.51. The third kappa shape index (κ3) is 8.93. The number of carbonyl (C=O) groups excluding carboxylic acids is 1. The van der Waals surface area contributed by atoms with Crippen molar-refractivity contribution >= 4 is 23.4 Å². The largest absolute Gasteiger partial charge is 0.493 e. The van der Waals surface area contributed by atoms with Gasteiger partial charge in [-0.2, -0.15) is 0 Å². The van der Waals surface area contributed by atoms with Crippen LogP contribution in [0.1, 0.15) is 74.8 Å². The molecule has 11 nitrogen and oxygen atoms in total. The highest BCUT2D eigenvalue weighted by Gasteiger charge is 2.66. The first-order valence-electron chi connectivity index (χ1n) is 21.6.